The number of ether oxygens (including phenoxy) is 1. The van der Waals surface area contributed by atoms with Crippen LogP contribution in [-0.4, -0.2) is 36.9 Å². The lowest BCUT2D eigenvalue weighted by molar-refractivity contribution is -0.134. The van der Waals surface area contributed by atoms with Gasteiger partial charge >= 0.3 is 0 Å². The van der Waals surface area contributed by atoms with Gasteiger partial charge in [-0.25, -0.2) is 0 Å². The number of carbonyl (C=O) groups excluding carboxylic acids is 2. The molecule has 2 rings (SSSR count). The Balaban J connectivity index is 1.85. The molecule has 5 heteroatoms. The minimum absolute atomic E-state index is 0.0607. The number of amides is 2. The summed E-state index contributed by atoms with van der Waals surface area (Å²) < 4.78 is 5.21. The fraction of sp³-hybridized carbons (Fsp3) is 0.333. The van der Waals surface area contributed by atoms with E-state index in [1.165, 1.54) is 12.5 Å². The summed E-state index contributed by atoms with van der Waals surface area (Å²) in [5.74, 6) is 0.512. The summed E-state index contributed by atoms with van der Waals surface area (Å²) in [6.45, 7) is 4.51. The summed E-state index contributed by atoms with van der Waals surface area (Å²) in [4.78, 5) is 25.6. The molecule has 0 bridgehead atoms. The van der Waals surface area contributed by atoms with Crippen molar-refractivity contribution in [1.29, 1.82) is 0 Å². The molecule has 0 spiro atoms. The molecule has 1 N–H and O–H groups in total. The van der Waals surface area contributed by atoms with E-state index in [2.05, 4.69) is 5.32 Å². The van der Waals surface area contributed by atoms with Gasteiger partial charge < -0.3 is 15.0 Å². The third-order valence-corrected chi connectivity index (χ3v) is 4.19. The molecule has 0 aliphatic rings. The van der Waals surface area contributed by atoms with Crippen LogP contribution in [0.2, 0.25) is 0 Å². The average Bonchev–Trinajstić information content (AvgIpc) is 2.64. The van der Waals surface area contributed by atoms with Crippen LogP contribution < -0.4 is 10.1 Å². The Morgan fingerprint density at radius 2 is 1.81 bits per heavy atom. The van der Waals surface area contributed by atoms with Gasteiger partial charge in [0.1, 0.15) is 5.75 Å². The number of aryl methyl sites for hydroxylation is 1. The van der Waals surface area contributed by atoms with Gasteiger partial charge in [0.05, 0.1) is 13.7 Å². The largest absolute Gasteiger partial charge is 0.497 e. The zero-order chi connectivity index (χ0) is 18.9. The summed E-state index contributed by atoms with van der Waals surface area (Å²) in [5, 5.41) is 2.87. The van der Waals surface area contributed by atoms with Gasteiger partial charge in [0.25, 0.3) is 0 Å². The zero-order valence-electron chi connectivity index (χ0n) is 15.6. The summed E-state index contributed by atoms with van der Waals surface area (Å²) in [7, 11) is 1.62. The quantitative estimate of drug-likeness (QED) is 0.793. The molecule has 0 aromatic heterocycles. The van der Waals surface area contributed by atoms with E-state index in [-0.39, 0.29) is 18.4 Å². The lowest BCUT2D eigenvalue weighted by Crippen LogP contribution is -2.40. The first-order chi connectivity index (χ1) is 12.5. The lowest BCUT2D eigenvalue weighted by Gasteiger charge is -2.20. The number of hydrogen-bond donors (Lipinski definition) is 1. The molecule has 5 nitrogen and oxygen atoms in total. The Morgan fingerprint density at radius 1 is 1.08 bits per heavy atom. The maximum absolute atomic E-state index is 12.2. The smallest absolute Gasteiger partial charge is 0.239 e. The van der Waals surface area contributed by atoms with Crippen LogP contribution in [0.25, 0.3) is 0 Å². The van der Waals surface area contributed by atoms with E-state index in [1.54, 1.807) is 12.0 Å². The fourth-order valence-corrected chi connectivity index (χ4v) is 2.58. The summed E-state index contributed by atoms with van der Waals surface area (Å²) in [6.07, 6.45) is 0.669. The van der Waals surface area contributed by atoms with E-state index < -0.39 is 0 Å². The van der Waals surface area contributed by atoms with Crippen molar-refractivity contribution >= 4 is 11.8 Å². The molecule has 0 radical (unpaired) electrons. The maximum Gasteiger partial charge on any atom is 0.239 e. The molecule has 0 atom stereocenters. The van der Waals surface area contributed by atoms with Crippen molar-refractivity contribution in [2.24, 2.45) is 0 Å². The highest BCUT2D eigenvalue weighted by Gasteiger charge is 2.13. The molecule has 0 saturated carbocycles. The Bertz CT molecular complexity index is 741. The van der Waals surface area contributed by atoms with Gasteiger partial charge in [-0.15, -0.1) is 0 Å². The molecule has 0 heterocycles. The van der Waals surface area contributed by atoms with E-state index in [0.29, 0.717) is 19.5 Å². The molecular formula is C21H26N2O3. The van der Waals surface area contributed by atoms with Crippen molar-refractivity contribution in [2.75, 3.05) is 20.2 Å². The fourth-order valence-electron chi connectivity index (χ4n) is 2.58. The van der Waals surface area contributed by atoms with Gasteiger partial charge in [0.2, 0.25) is 11.8 Å². The van der Waals surface area contributed by atoms with Crippen LogP contribution in [0.3, 0.4) is 0 Å². The number of nitrogens with zero attached hydrogens (tertiary/aromatic N) is 1. The van der Waals surface area contributed by atoms with E-state index >= 15 is 0 Å². The third-order valence-electron chi connectivity index (χ3n) is 4.19. The van der Waals surface area contributed by atoms with E-state index in [1.807, 2.05) is 55.5 Å². The Hall–Kier alpha value is -2.82. The van der Waals surface area contributed by atoms with Crippen molar-refractivity contribution < 1.29 is 14.3 Å². The molecule has 138 valence electrons. The van der Waals surface area contributed by atoms with Crippen LogP contribution in [0.5, 0.6) is 5.75 Å². The number of nitrogens with one attached hydrogen (secondary N) is 1. The third kappa shape index (κ3) is 6.24. The number of hydrogen-bond acceptors (Lipinski definition) is 3. The van der Waals surface area contributed by atoms with Crippen LogP contribution in [0.1, 0.15) is 23.6 Å². The summed E-state index contributed by atoms with van der Waals surface area (Å²) >= 11 is 0. The van der Waals surface area contributed by atoms with E-state index in [9.17, 15) is 9.59 Å². The summed E-state index contributed by atoms with van der Waals surface area (Å²) in [5.41, 5.74) is 3.28. The monoisotopic (exact) mass is 354 g/mol. The highest BCUT2D eigenvalue weighted by Crippen LogP contribution is 2.13. The maximum atomic E-state index is 12.2. The first-order valence-corrected chi connectivity index (χ1v) is 8.68. The number of methoxy groups -OCH3 is 1. The lowest BCUT2D eigenvalue weighted by atomic mass is 10.1. The van der Waals surface area contributed by atoms with Crippen molar-refractivity contribution in [3.05, 3.63) is 65.2 Å². The normalized spacial score (nSPS) is 10.3. The van der Waals surface area contributed by atoms with Crippen LogP contribution in [-0.2, 0) is 22.6 Å². The topological polar surface area (TPSA) is 58.6 Å². The molecule has 0 unspecified atom stereocenters. The highest BCUT2D eigenvalue weighted by atomic mass is 16.5. The molecule has 0 fully saturated rings. The first-order valence-electron chi connectivity index (χ1n) is 8.68. The molecular weight excluding hydrogens is 328 g/mol. The van der Waals surface area contributed by atoms with Crippen LogP contribution in [0.4, 0.5) is 0 Å². The minimum atomic E-state index is -0.161. The second kappa shape index (κ2) is 9.61. The minimum Gasteiger partial charge on any atom is -0.497 e. The average molecular weight is 354 g/mol. The predicted octanol–water partition coefficient (Wildman–Crippen LogP) is 2.71. The SMILES string of the molecule is COc1cccc(CCN(CC(=O)NCc2ccc(C)cc2)C(C)=O)c1. The van der Waals surface area contributed by atoms with Crippen molar-refractivity contribution in [3.63, 3.8) is 0 Å². The number of benzene rings is 2. The second-order valence-electron chi connectivity index (χ2n) is 6.30. The molecule has 2 aromatic carbocycles. The van der Waals surface area contributed by atoms with Crippen molar-refractivity contribution in [1.82, 2.24) is 10.2 Å². The Labute approximate surface area is 155 Å². The van der Waals surface area contributed by atoms with Gasteiger partial charge in [-0.05, 0) is 36.6 Å². The van der Waals surface area contributed by atoms with Crippen LogP contribution in [0, 0.1) is 6.92 Å². The predicted molar refractivity (Wildman–Crippen MR) is 102 cm³/mol. The van der Waals surface area contributed by atoms with Crippen LogP contribution >= 0.6 is 0 Å². The molecule has 2 aromatic rings. The molecule has 2 amide bonds. The number of carbonyl (C=O) groups is 2. The van der Waals surface area contributed by atoms with Crippen molar-refractivity contribution in [2.45, 2.75) is 26.8 Å². The Kier molecular flexibility index (Phi) is 7.21. The van der Waals surface area contributed by atoms with Crippen LogP contribution in [0.15, 0.2) is 48.5 Å². The standard InChI is InChI=1S/C21H26N2O3/c1-16-7-9-19(10-8-16)14-22-21(25)15-23(17(2)24)12-11-18-5-4-6-20(13-18)26-3/h4-10,13H,11-12,14-15H2,1-3H3,(H,22,25). The van der Waals surface area contributed by atoms with Gasteiger partial charge in [-0.2, -0.15) is 0 Å². The van der Waals surface area contributed by atoms with Gasteiger partial charge in [-0.1, -0.05) is 42.0 Å². The molecule has 0 aliphatic carbocycles. The number of rotatable bonds is 8. The van der Waals surface area contributed by atoms with Gasteiger partial charge in [-0.3, -0.25) is 9.59 Å². The van der Waals surface area contributed by atoms with Crippen molar-refractivity contribution in [3.8, 4) is 5.75 Å². The molecule has 26 heavy (non-hydrogen) atoms. The van der Waals surface area contributed by atoms with Gasteiger partial charge in [0.15, 0.2) is 0 Å². The second-order valence-corrected chi connectivity index (χ2v) is 6.30. The first kappa shape index (κ1) is 19.5. The zero-order valence-corrected chi connectivity index (χ0v) is 15.6. The highest BCUT2D eigenvalue weighted by molar-refractivity contribution is 5.83. The molecule has 0 aliphatic heterocycles. The Morgan fingerprint density at radius 3 is 2.46 bits per heavy atom. The van der Waals surface area contributed by atoms with Gasteiger partial charge in [0, 0.05) is 20.0 Å². The molecule has 0 saturated heterocycles. The van der Waals surface area contributed by atoms with E-state index in [4.69, 9.17) is 4.74 Å². The van der Waals surface area contributed by atoms with E-state index in [0.717, 1.165) is 16.9 Å². The summed E-state index contributed by atoms with van der Waals surface area (Å²) in [6, 6.07) is 15.7.